The van der Waals surface area contributed by atoms with E-state index in [1.807, 2.05) is 0 Å². The molecule has 0 bridgehead atoms. The smallest absolute Gasteiger partial charge is 0.309 e. The van der Waals surface area contributed by atoms with Gasteiger partial charge >= 0.3 is 11.8 Å². The minimum atomic E-state index is -0.682. The highest BCUT2D eigenvalue weighted by Gasteiger charge is 2.10. The molecule has 3 amide bonds. The van der Waals surface area contributed by atoms with Crippen LogP contribution in [0, 0.1) is 0 Å². The molecule has 6 nitrogen and oxygen atoms in total. The van der Waals surface area contributed by atoms with Gasteiger partial charge in [-0.1, -0.05) is 6.08 Å². The summed E-state index contributed by atoms with van der Waals surface area (Å²) >= 11 is 0. The Morgan fingerprint density at radius 2 is 1.80 bits per heavy atom. The third-order valence-electron chi connectivity index (χ3n) is 1.48. The molecule has 15 heavy (non-hydrogen) atoms. The van der Waals surface area contributed by atoms with E-state index in [0.29, 0.717) is 25.9 Å². The zero-order chi connectivity index (χ0) is 11.5. The fourth-order valence-corrected chi connectivity index (χ4v) is 0.777. The van der Waals surface area contributed by atoms with E-state index in [1.165, 1.54) is 6.08 Å². The summed E-state index contributed by atoms with van der Waals surface area (Å²) in [5, 5.41) is 7.19. The summed E-state index contributed by atoms with van der Waals surface area (Å²) in [4.78, 5) is 31.9. The van der Waals surface area contributed by atoms with Gasteiger partial charge in [-0.15, -0.1) is 6.58 Å². The van der Waals surface area contributed by atoms with Crippen LogP contribution in [0.15, 0.2) is 12.7 Å². The average Bonchev–Trinajstić information content (AvgIpc) is 2.25. The van der Waals surface area contributed by atoms with Crippen LogP contribution < -0.4 is 16.0 Å². The lowest BCUT2D eigenvalue weighted by Gasteiger charge is -2.04. The molecule has 3 N–H and O–H groups in total. The molecule has 0 heterocycles. The van der Waals surface area contributed by atoms with Crippen molar-refractivity contribution in [3.63, 3.8) is 0 Å². The van der Waals surface area contributed by atoms with E-state index in [1.54, 1.807) is 0 Å². The van der Waals surface area contributed by atoms with Gasteiger partial charge in [-0.25, -0.2) is 0 Å². The molecular weight excluding hydrogens is 198 g/mol. The van der Waals surface area contributed by atoms with E-state index in [9.17, 15) is 14.4 Å². The molecule has 0 rings (SSSR count). The number of hydrogen-bond acceptors (Lipinski definition) is 3. The van der Waals surface area contributed by atoms with E-state index >= 15 is 0 Å². The van der Waals surface area contributed by atoms with Crippen LogP contribution in [0.2, 0.25) is 0 Å². The lowest BCUT2D eigenvalue weighted by atomic mass is 10.4. The van der Waals surface area contributed by atoms with Crippen molar-refractivity contribution in [2.45, 2.75) is 6.42 Å². The van der Waals surface area contributed by atoms with Crippen LogP contribution in [0.25, 0.3) is 0 Å². The third-order valence-corrected chi connectivity index (χ3v) is 1.48. The van der Waals surface area contributed by atoms with Crippen molar-refractivity contribution >= 4 is 18.2 Å². The number of rotatable bonds is 7. The fourth-order valence-electron chi connectivity index (χ4n) is 0.777. The molecule has 0 saturated heterocycles. The molecule has 0 saturated carbocycles. The largest absolute Gasteiger partial charge is 0.359 e. The van der Waals surface area contributed by atoms with Gasteiger partial charge in [0.25, 0.3) is 0 Å². The first kappa shape index (κ1) is 13.2. The maximum absolute atomic E-state index is 11.0. The highest BCUT2D eigenvalue weighted by atomic mass is 16.2. The van der Waals surface area contributed by atoms with Crippen molar-refractivity contribution in [1.29, 1.82) is 0 Å². The summed E-state index contributed by atoms with van der Waals surface area (Å²) < 4.78 is 0. The Hall–Kier alpha value is -1.85. The molecule has 0 aliphatic heterocycles. The van der Waals surface area contributed by atoms with Crippen LogP contribution in [0.5, 0.6) is 0 Å². The van der Waals surface area contributed by atoms with Crippen molar-refractivity contribution in [2.24, 2.45) is 0 Å². The predicted octanol–water partition coefficient (Wildman–Crippen LogP) is -1.46. The van der Waals surface area contributed by atoms with Gasteiger partial charge in [-0.3, -0.25) is 14.4 Å². The van der Waals surface area contributed by atoms with Crippen LogP contribution in [-0.4, -0.2) is 37.9 Å². The van der Waals surface area contributed by atoms with Crippen molar-refractivity contribution in [3.8, 4) is 0 Å². The molecule has 6 heteroatoms. The van der Waals surface area contributed by atoms with E-state index in [-0.39, 0.29) is 6.54 Å². The molecular formula is C9H15N3O3. The van der Waals surface area contributed by atoms with Crippen molar-refractivity contribution in [2.75, 3.05) is 19.6 Å². The van der Waals surface area contributed by atoms with Crippen LogP contribution >= 0.6 is 0 Å². The fraction of sp³-hybridized carbons (Fsp3) is 0.444. The maximum Gasteiger partial charge on any atom is 0.309 e. The second-order valence-electron chi connectivity index (χ2n) is 2.68. The molecule has 0 aliphatic rings. The summed E-state index contributed by atoms with van der Waals surface area (Å²) in [6, 6.07) is 0. The molecule has 0 spiro atoms. The van der Waals surface area contributed by atoms with Gasteiger partial charge in [0.05, 0.1) is 0 Å². The van der Waals surface area contributed by atoms with Crippen LogP contribution in [-0.2, 0) is 14.4 Å². The van der Waals surface area contributed by atoms with Crippen molar-refractivity contribution in [3.05, 3.63) is 12.7 Å². The van der Waals surface area contributed by atoms with Crippen LogP contribution in [0.1, 0.15) is 6.42 Å². The van der Waals surface area contributed by atoms with Crippen LogP contribution in [0.3, 0.4) is 0 Å². The number of nitrogens with one attached hydrogen (secondary N) is 3. The monoisotopic (exact) mass is 213 g/mol. The molecule has 0 radical (unpaired) electrons. The summed E-state index contributed by atoms with van der Waals surface area (Å²) in [5.41, 5.74) is 0. The van der Waals surface area contributed by atoms with Gasteiger partial charge in [-0.05, 0) is 6.42 Å². The normalized spacial score (nSPS) is 8.80. The number of carbonyl (C=O) groups is 3. The highest BCUT2D eigenvalue weighted by Crippen LogP contribution is 1.74. The van der Waals surface area contributed by atoms with Gasteiger partial charge in [0.15, 0.2) is 0 Å². The standard InChI is InChI=1S/C9H15N3O3/c1-2-4-11-8(14)9(15)12-6-3-5-10-7-13/h2,7H,1,3-6H2,(H,10,13)(H,11,14)(H,12,15). The molecule has 84 valence electrons. The third kappa shape index (κ3) is 7.24. The Balaban J connectivity index is 3.50. The first-order valence-electron chi connectivity index (χ1n) is 4.56. The first-order valence-corrected chi connectivity index (χ1v) is 4.56. The molecule has 0 fully saturated rings. The van der Waals surface area contributed by atoms with E-state index in [2.05, 4.69) is 22.5 Å². The van der Waals surface area contributed by atoms with Crippen molar-refractivity contribution < 1.29 is 14.4 Å². The van der Waals surface area contributed by atoms with E-state index in [0.717, 1.165) is 0 Å². The highest BCUT2D eigenvalue weighted by molar-refractivity contribution is 6.35. The summed E-state index contributed by atoms with van der Waals surface area (Å²) in [7, 11) is 0. The van der Waals surface area contributed by atoms with Crippen LogP contribution in [0.4, 0.5) is 0 Å². The molecule has 0 atom stereocenters. The quantitative estimate of drug-likeness (QED) is 0.209. The predicted molar refractivity (Wildman–Crippen MR) is 54.9 cm³/mol. The number of carbonyl (C=O) groups excluding carboxylic acids is 3. The minimum absolute atomic E-state index is 0.263. The van der Waals surface area contributed by atoms with E-state index in [4.69, 9.17) is 0 Å². The second kappa shape index (κ2) is 8.74. The molecule has 0 unspecified atom stereocenters. The molecule has 0 aromatic rings. The Kier molecular flexibility index (Phi) is 7.66. The Labute approximate surface area is 88.1 Å². The summed E-state index contributed by atoms with van der Waals surface area (Å²) in [5.74, 6) is -1.36. The van der Waals surface area contributed by atoms with E-state index < -0.39 is 11.8 Å². The first-order chi connectivity index (χ1) is 7.22. The maximum atomic E-state index is 11.0. The van der Waals surface area contributed by atoms with Gasteiger partial charge in [0.1, 0.15) is 0 Å². The lowest BCUT2D eigenvalue weighted by molar-refractivity contribution is -0.139. The SMILES string of the molecule is C=CCNC(=O)C(=O)NCCCNC=O. The van der Waals surface area contributed by atoms with Gasteiger partial charge < -0.3 is 16.0 Å². The van der Waals surface area contributed by atoms with Gasteiger partial charge in [-0.2, -0.15) is 0 Å². The Bertz CT molecular complexity index is 241. The molecule has 0 aliphatic carbocycles. The number of amides is 3. The van der Waals surface area contributed by atoms with Gasteiger partial charge in [0.2, 0.25) is 6.41 Å². The van der Waals surface area contributed by atoms with Crippen molar-refractivity contribution in [1.82, 2.24) is 16.0 Å². The molecule has 0 aromatic heterocycles. The van der Waals surface area contributed by atoms with Gasteiger partial charge in [0, 0.05) is 19.6 Å². The topological polar surface area (TPSA) is 87.3 Å². The minimum Gasteiger partial charge on any atom is -0.359 e. The zero-order valence-electron chi connectivity index (χ0n) is 8.41. The summed E-state index contributed by atoms with van der Waals surface area (Å²) in [6.07, 6.45) is 2.65. The lowest BCUT2D eigenvalue weighted by Crippen LogP contribution is -2.40. The zero-order valence-corrected chi connectivity index (χ0v) is 8.41. The Morgan fingerprint density at radius 1 is 1.13 bits per heavy atom. The number of hydrogen-bond donors (Lipinski definition) is 3. The summed E-state index contributed by atoms with van der Waals surface area (Å²) in [6.45, 7) is 4.48. The second-order valence-corrected chi connectivity index (χ2v) is 2.68. The molecule has 0 aromatic carbocycles. The average molecular weight is 213 g/mol. The Morgan fingerprint density at radius 3 is 2.40 bits per heavy atom.